The van der Waals surface area contributed by atoms with Crippen LogP contribution in [-0.4, -0.2) is 13.1 Å². The first-order valence-electron chi connectivity index (χ1n) is 4.39. The molecule has 2 nitrogen and oxygen atoms in total. The first-order valence-corrected chi connectivity index (χ1v) is 4.39. The van der Waals surface area contributed by atoms with Gasteiger partial charge in [-0.15, -0.1) is 0 Å². The van der Waals surface area contributed by atoms with Crippen LogP contribution in [0.1, 0.15) is 20.3 Å². The number of hydrogen-bond acceptors (Lipinski definition) is 2. The fraction of sp³-hybridized carbons (Fsp3) is 0.600. The van der Waals surface area contributed by atoms with Crippen molar-refractivity contribution < 1.29 is 0 Å². The number of rotatable bonds is 2. The molecule has 1 atom stereocenters. The molecular formula is C10H18N2. The number of nitrogens with two attached hydrogens (primary N) is 2. The van der Waals surface area contributed by atoms with Crippen molar-refractivity contribution in [3.8, 4) is 0 Å². The lowest BCUT2D eigenvalue weighted by Gasteiger charge is -2.29. The van der Waals surface area contributed by atoms with Crippen LogP contribution in [-0.2, 0) is 0 Å². The maximum atomic E-state index is 5.70. The lowest BCUT2D eigenvalue weighted by molar-refractivity contribution is 0.426. The Hall–Kier alpha value is -0.600. The fourth-order valence-electron chi connectivity index (χ4n) is 1.80. The van der Waals surface area contributed by atoms with E-state index in [2.05, 4.69) is 26.0 Å². The molecule has 0 fully saturated rings. The van der Waals surface area contributed by atoms with Crippen LogP contribution in [0.2, 0.25) is 0 Å². The molecule has 0 saturated heterocycles. The molecule has 0 aromatic rings. The Morgan fingerprint density at radius 1 is 1.50 bits per heavy atom. The van der Waals surface area contributed by atoms with E-state index in [4.69, 9.17) is 11.5 Å². The van der Waals surface area contributed by atoms with Gasteiger partial charge >= 0.3 is 0 Å². The Kier molecular flexibility index (Phi) is 2.70. The summed E-state index contributed by atoms with van der Waals surface area (Å²) in [6.45, 7) is 5.63. The van der Waals surface area contributed by atoms with Crippen molar-refractivity contribution in [2.75, 3.05) is 13.1 Å². The summed E-state index contributed by atoms with van der Waals surface area (Å²) in [6, 6.07) is 0. The molecule has 1 rings (SSSR count). The molecule has 0 spiro atoms. The summed E-state index contributed by atoms with van der Waals surface area (Å²) in [5.41, 5.74) is 14.0. The summed E-state index contributed by atoms with van der Waals surface area (Å²) >= 11 is 0. The van der Waals surface area contributed by atoms with E-state index in [1.54, 1.807) is 0 Å². The fourth-order valence-corrected chi connectivity index (χ4v) is 1.80. The topological polar surface area (TPSA) is 52.0 Å². The average Bonchev–Trinajstić information content (AvgIpc) is 2.03. The van der Waals surface area contributed by atoms with Gasteiger partial charge in [-0.1, -0.05) is 30.2 Å². The van der Waals surface area contributed by atoms with E-state index in [1.807, 2.05) is 0 Å². The standard InChI is InChI=1S/C10H18N2/c1-8-3-9(6-11)5-10(2,4-8)7-12/h3-4H,5-7,11-12H2,1-2H3. The molecule has 0 aromatic carbocycles. The van der Waals surface area contributed by atoms with Crippen LogP contribution < -0.4 is 11.5 Å². The summed E-state index contributed by atoms with van der Waals surface area (Å²) in [6.07, 6.45) is 5.42. The summed E-state index contributed by atoms with van der Waals surface area (Å²) in [4.78, 5) is 0. The normalized spacial score (nSPS) is 29.7. The third kappa shape index (κ3) is 1.96. The Balaban J connectivity index is 2.84. The van der Waals surface area contributed by atoms with Gasteiger partial charge in [-0.25, -0.2) is 0 Å². The molecule has 0 amide bonds. The second-order valence-corrected chi connectivity index (χ2v) is 3.93. The molecule has 0 radical (unpaired) electrons. The Morgan fingerprint density at radius 3 is 2.67 bits per heavy atom. The van der Waals surface area contributed by atoms with Crippen LogP contribution in [0.3, 0.4) is 0 Å². The van der Waals surface area contributed by atoms with Gasteiger partial charge in [0.05, 0.1) is 0 Å². The van der Waals surface area contributed by atoms with Gasteiger partial charge in [0, 0.05) is 18.5 Å². The van der Waals surface area contributed by atoms with E-state index in [-0.39, 0.29) is 5.41 Å². The van der Waals surface area contributed by atoms with Crippen LogP contribution in [0, 0.1) is 5.41 Å². The molecule has 1 unspecified atom stereocenters. The lowest BCUT2D eigenvalue weighted by atomic mass is 9.78. The first-order chi connectivity index (χ1) is 5.59. The van der Waals surface area contributed by atoms with Crippen LogP contribution in [0.15, 0.2) is 23.3 Å². The van der Waals surface area contributed by atoms with Crippen molar-refractivity contribution >= 4 is 0 Å². The summed E-state index contributed by atoms with van der Waals surface area (Å²) in [5, 5.41) is 0. The second-order valence-electron chi connectivity index (χ2n) is 3.93. The van der Waals surface area contributed by atoms with Gasteiger partial charge in [0.25, 0.3) is 0 Å². The average molecular weight is 166 g/mol. The minimum Gasteiger partial charge on any atom is -0.330 e. The Morgan fingerprint density at radius 2 is 2.17 bits per heavy atom. The zero-order chi connectivity index (χ0) is 9.19. The summed E-state index contributed by atoms with van der Waals surface area (Å²) in [7, 11) is 0. The van der Waals surface area contributed by atoms with E-state index < -0.39 is 0 Å². The SMILES string of the molecule is CC1=CC(C)(CN)CC(CN)=C1. The highest BCUT2D eigenvalue weighted by molar-refractivity contribution is 5.31. The highest BCUT2D eigenvalue weighted by atomic mass is 14.6. The Bertz CT molecular complexity index is 228. The van der Waals surface area contributed by atoms with Gasteiger partial charge in [-0.05, 0) is 13.3 Å². The van der Waals surface area contributed by atoms with Gasteiger partial charge in [0.2, 0.25) is 0 Å². The highest BCUT2D eigenvalue weighted by Gasteiger charge is 2.23. The van der Waals surface area contributed by atoms with Gasteiger partial charge in [0.1, 0.15) is 0 Å². The van der Waals surface area contributed by atoms with Crippen molar-refractivity contribution in [1.82, 2.24) is 0 Å². The Labute approximate surface area is 74.3 Å². The largest absolute Gasteiger partial charge is 0.330 e. The molecule has 0 bridgehead atoms. The monoisotopic (exact) mass is 166 g/mol. The minimum atomic E-state index is 0.132. The predicted molar refractivity (Wildman–Crippen MR) is 52.7 cm³/mol. The lowest BCUT2D eigenvalue weighted by Crippen LogP contribution is -2.29. The maximum Gasteiger partial charge on any atom is 0.0140 e. The summed E-state index contributed by atoms with van der Waals surface area (Å²) < 4.78 is 0. The molecular weight excluding hydrogens is 148 g/mol. The van der Waals surface area contributed by atoms with Crippen LogP contribution >= 0.6 is 0 Å². The maximum absolute atomic E-state index is 5.70. The quantitative estimate of drug-likeness (QED) is 0.647. The van der Waals surface area contributed by atoms with Crippen molar-refractivity contribution in [2.24, 2.45) is 16.9 Å². The first kappa shape index (κ1) is 9.49. The van der Waals surface area contributed by atoms with E-state index >= 15 is 0 Å². The minimum absolute atomic E-state index is 0.132. The van der Waals surface area contributed by atoms with Gasteiger partial charge < -0.3 is 11.5 Å². The second kappa shape index (κ2) is 3.42. The van der Waals surface area contributed by atoms with Crippen LogP contribution in [0.5, 0.6) is 0 Å². The van der Waals surface area contributed by atoms with Gasteiger partial charge in [0.15, 0.2) is 0 Å². The van der Waals surface area contributed by atoms with E-state index in [0.717, 1.165) is 6.42 Å². The third-order valence-corrected chi connectivity index (χ3v) is 2.37. The van der Waals surface area contributed by atoms with Crippen molar-refractivity contribution in [3.63, 3.8) is 0 Å². The smallest absolute Gasteiger partial charge is 0.0140 e. The van der Waals surface area contributed by atoms with Crippen molar-refractivity contribution in [3.05, 3.63) is 23.3 Å². The van der Waals surface area contributed by atoms with Crippen LogP contribution in [0.4, 0.5) is 0 Å². The molecule has 1 aliphatic rings. The van der Waals surface area contributed by atoms with E-state index in [9.17, 15) is 0 Å². The number of allylic oxidation sites excluding steroid dienone is 2. The zero-order valence-corrected chi connectivity index (χ0v) is 7.93. The van der Waals surface area contributed by atoms with E-state index in [1.165, 1.54) is 11.1 Å². The summed E-state index contributed by atoms with van der Waals surface area (Å²) in [5.74, 6) is 0. The highest BCUT2D eigenvalue weighted by Crippen LogP contribution is 2.32. The van der Waals surface area contributed by atoms with Gasteiger partial charge in [-0.2, -0.15) is 0 Å². The molecule has 2 heteroatoms. The molecule has 0 saturated carbocycles. The van der Waals surface area contributed by atoms with E-state index in [0.29, 0.717) is 13.1 Å². The predicted octanol–water partition coefficient (Wildman–Crippen LogP) is 1.19. The molecule has 0 aromatic heterocycles. The van der Waals surface area contributed by atoms with Gasteiger partial charge in [-0.3, -0.25) is 0 Å². The molecule has 1 aliphatic carbocycles. The molecule has 0 heterocycles. The number of hydrogen-bond donors (Lipinski definition) is 2. The molecule has 68 valence electrons. The van der Waals surface area contributed by atoms with Crippen LogP contribution in [0.25, 0.3) is 0 Å². The van der Waals surface area contributed by atoms with Crippen molar-refractivity contribution in [1.29, 1.82) is 0 Å². The van der Waals surface area contributed by atoms with Crippen molar-refractivity contribution in [2.45, 2.75) is 20.3 Å². The molecule has 0 aliphatic heterocycles. The third-order valence-electron chi connectivity index (χ3n) is 2.37. The molecule has 12 heavy (non-hydrogen) atoms. The molecule has 4 N–H and O–H groups in total. The zero-order valence-electron chi connectivity index (χ0n) is 7.93.